The average Bonchev–Trinajstić information content (AvgIpc) is 1.23. The molecule has 0 radical (unpaired) electrons. The Morgan fingerprint density at radius 1 is 0.177 bits per heavy atom. The fourth-order valence-electron chi connectivity index (χ4n) is 16.9. The van der Waals surface area contributed by atoms with E-state index in [0.717, 1.165) is 110 Å². The molecule has 0 bridgehead atoms. The lowest BCUT2D eigenvalue weighted by atomic mass is 9.85. The number of hydrogen-bond donors (Lipinski definition) is 0. The van der Waals surface area contributed by atoms with Crippen LogP contribution in [-0.2, 0) is 0 Å². The molecule has 0 spiro atoms. The van der Waals surface area contributed by atoms with Crippen LogP contribution >= 0.6 is 11.3 Å². The van der Waals surface area contributed by atoms with Crippen molar-refractivity contribution in [3.05, 3.63) is 303 Å². The zero-order valence-electron chi connectivity index (χ0n) is 51.5. The molecule has 0 saturated carbocycles. The van der Waals surface area contributed by atoms with Gasteiger partial charge < -0.3 is 13.3 Å². The van der Waals surface area contributed by atoms with Gasteiger partial charge in [-0.2, -0.15) is 0 Å². The Morgan fingerprint density at radius 3 is 0.990 bits per heavy atom. The van der Waals surface area contributed by atoms with Gasteiger partial charge >= 0.3 is 0 Å². The summed E-state index contributed by atoms with van der Waals surface area (Å²) in [4.78, 5) is 0. The van der Waals surface area contributed by atoms with Gasteiger partial charge in [0.05, 0.1) is 0 Å². The van der Waals surface area contributed by atoms with Crippen LogP contribution in [0.1, 0.15) is 0 Å². The third-order valence-electron chi connectivity index (χ3n) is 21.0. The predicted molar refractivity (Wildman–Crippen MR) is 408 cm³/mol. The summed E-state index contributed by atoms with van der Waals surface area (Å²) in [5.41, 5.74) is 16.9. The first-order chi connectivity index (χ1) is 47.6. The molecule has 0 aliphatic rings. The van der Waals surface area contributed by atoms with Crippen LogP contribution in [0, 0.1) is 0 Å². The summed E-state index contributed by atoms with van der Waals surface area (Å²) in [5, 5.41) is 28.2. The molecule has 0 amide bonds. The van der Waals surface area contributed by atoms with Crippen molar-refractivity contribution >= 4 is 184 Å². The second-order valence-electron chi connectivity index (χ2n) is 25.9. The smallest absolute Gasteiger partial charge is 0.143 e. The maximum atomic E-state index is 7.18. The highest BCUT2D eigenvalue weighted by Crippen LogP contribution is 2.52. The maximum Gasteiger partial charge on any atom is 0.143 e. The van der Waals surface area contributed by atoms with Crippen molar-refractivity contribution in [3.63, 3.8) is 0 Å². The zero-order valence-corrected chi connectivity index (χ0v) is 52.3. The van der Waals surface area contributed by atoms with Gasteiger partial charge in [-0.1, -0.05) is 243 Å². The fraction of sp³-hybridized carbons (Fsp3) is 0. The molecule has 0 aliphatic carbocycles. The van der Waals surface area contributed by atoms with E-state index in [0.29, 0.717) is 0 Å². The summed E-state index contributed by atoms with van der Waals surface area (Å²) >= 11 is 1.86. The number of fused-ring (bicyclic) bond motifs is 26. The lowest BCUT2D eigenvalue weighted by Gasteiger charge is -2.18. The van der Waals surface area contributed by atoms with Crippen LogP contribution in [0.3, 0.4) is 0 Å². The topological polar surface area (TPSA) is 39.4 Å². The number of thiophene rings is 1. The summed E-state index contributed by atoms with van der Waals surface area (Å²) in [7, 11) is 0. The van der Waals surface area contributed by atoms with Gasteiger partial charge in [0.25, 0.3) is 0 Å². The summed E-state index contributed by atoms with van der Waals surface area (Å²) < 4.78 is 23.7. The third-order valence-corrected chi connectivity index (χ3v) is 22.1. The van der Waals surface area contributed by atoms with E-state index in [2.05, 4.69) is 303 Å². The molecule has 18 aromatic carbocycles. The SMILES string of the molecule is c1ccc2c(c1)sc1ccc(-c3c4ccccc4c(-c4ccc5oc6c7cc(-c8cccc9c8oc8ccc(-c%10c%11ccccc%11c(-c%11ccc%12oc%13c%14ccccc%14c%14ccccc%14c%13c%12c%11)c%11ccccc%10%11)cc89)ccc7c7ccccc7c6c5c4)c4ccccc34)cc12. The molecule has 0 saturated heterocycles. The molecule has 3 nitrogen and oxygen atoms in total. The zero-order chi connectivity index (χ0) is 62.4. The molecule has 4 aromatic heterocycles. The number of para-hydroxylation sites is 1. The Labute approximate surface area is 552 Å². The third kappa shape index (κ3) is 7.25. The molecule has 4 heteroatoms. The lowest BCUT2D eigenvalue weighted by molar-refractivity contribution is 0.670. The van der Waals surface area contributed by atoms with E-state index in [1.807, 2.05) is 11.3 Å². The second kappa shape index (κ2) is 19.6. The Morgan fingerprint density at radius 2 is 0.490 bits per heavy atom. The largest absolute Gasteiger partial charge is 0.455 e. The van der Waals surface area contributed by atoms with Crippen molar-refractivity contribution < 1.29 is 13.3 Å². The summed E-state index contributed by atoms with van der Waals surface area (Å²) in [6.07, 6.45) is 0. The summed E-state index contributed by atoms with van der Waals surface area (Å²) in [5.74, 6) is 0. The maximum absolute atomic E-state index is 7.18. The highest BCUT2D eigenvalue weighted by atomic mass is 32.1. The molecular formula is C92H50O3S. The molecule has 22 aromatic rings. The van der Waals surface area contributed by atoms with Crippen molar-refractivity contribution in [2.45, 2.75) is 0 Å². The normalized spacial score (nSPS) is 12.4. The van der Waals surface area contributed by atoms with Gasteiger partial charge in [0, 0.05) is 68.8 Å². The Balaban J connectivity index is 0.686. The number of hydrogen-bond acceptors (Lipinski definition) is 4. The lowest BCUT2D eigenvalue weighted by Crippen LogP contribution is -1.90. The average molecular weight is 1240 g/mol. The van der Waals surface area contributed by atoms with Crippen molar-refractivity contribution in [2.24, 2.45) is 0 Å². The van der Waals surface area contributed by atoms with E-state index in [9.17, 15) is 0 Å². The molecule has 442 valence electrons. The highest BCUT2D eigenvalue weighted by molar-refractivity contribution is 7.25. The van der Waals surface area contributed by atoms with Crippen molar-refractivity contribution in [1.29, 1.82) is 0 Å². The van der Waals surface area contributed by atoms with Crippen LogP contribution in [0.5, 0.6) is 0 Å². The predicted octanol–water partition coefficient (Wildman–Crippen LogP) is 27.3. The van der Waals surface area contributed by atoms with E-state index in [1.54, 1.807) is 0 Å². The van der Waals surface area contributed by atoms with E-state index in [-0.39, 0.29) is 0 Å². The minimum Gasteiger partial charge on any atom is -0.455 e. The minimum absolute atomic E-state index is 0.846. The van der Waals surface area contributed by atoms with E-state index in [4.69, 9.17) is 13.3 Å². The van der Waals surface area contributed by atoms with Gasteiger partial charge in [0.1, 0.15) is 33.5 Å². The first-order valence-corrected chi connectivity index (χ1v) is 33.8. The number of rotatable bonds is 5. The van der Waals surface area contributed by atoms with Crippen molar-refractivity contribution in [1.82, 2.24) is 0 Å². The van der Waals surface area contributed by atoms with Crippen LogP contribution in [0.25, 0.3) is 228 Å². The van der Waals surface area contributed by atoms with Crippen LogP contribution in [0.2, 0.25) is 0 Å². The standard InChI is InChI=1S/C92H50O3S/c1-4-22-62-57(18-1)59-20-3-14-32-72(59)91-88(62)77-49-53(38-43-80(77)94-91)85-66-26-8-6-24-64(66)84(65-25-7-9-27-67(65)85)52-37-42-79-74(47-52)73-34-17-33-56(90(73)93-79)51-36-41-60-58-19-2-5-23-63(58)89-78-50-54(39-44-81(78)95-92(89)76(60)46-51)86-68-28-10-12-30-70(68)87(71-31-13-11-29-69(71)86)55-40-45-83-75(48-55)61-21-15-16-35-82(61)96-83/h1-50H. The number of benzene rings is 18. The first kappa shape index (κ1) is 52.2. The molecule has 22 rings (SSSR count). The molecule has 0 fully saturated rings. The van der Waals surface area contributed by atoms with Gasteiger partial charge in [0.2, 0.25) is 0 Å². The van der Waals surface area contributed by atoms with E-state index < -0.39 is 0 Å². The Bertz CT molecular complexity index is 7100. The molecule has 0 unspecified atom stereocenters. The van der Waals surface area contributed by atoms with Crippen LogP contribution in [-0.4, -0.2) is 0 Å². The highest BCUT2D eigenvalue weighted by Gasteiger charge is 2.25. The summed E-state index contributed by atoms with van der Waals surface area (Å²) in [6.45, 7) is 0. The first-order valence-electron chi connectivity index (χ1n) is 32.9. The van der Waals surface area contributed by atoms with E-state index >= 15 is 0 Å². The van der Waals surface area contributed by atoms with Gasteiger partial charge in [-0.3, -0.25) is 0 Å². The Kier molecular flexibility index (Phi) is 10.7. The number of furan rings is 3. The monoisotopic (exact) mass is 1230 g/mol. The fourth-order valence-corrected chi connectivity index (χ4v) is 18.0. The molecule has 96 heavy (non-hydrogen) atoms. The van der Waals surface area contributed by atoms with Gasteiger partial charge in [-0.25, -0.2) is 0 Å². The second-order valence-corrected chi connectivity index (χ2v) is 27.0. The van der Waals surface area contributed by atoms with Crippen molar-refractivity contribution in [3.8, 4) is 55.6 Å². The van der Waals surface area contributed by atoms with Crippen LogP contribution < -0.4 is 0 Å². The minimum atomic E-state index is 0.846. The van der Waals surface area contributed by atoms with Gasteiger partial charge in [0.15, 0.2) is 0 Å². The van der Waals surface area contributed by atoms with Crippen LogP contribution in [0.15, 0.2) is 317 Å². The Hall–Kier alpha value is -12.3. The molecular weight excluding hydrogens is 1190 g/mol. The van der Waals surface area contributed by atoms with Gasteiger partial charge in [-0.15, -0.1) is 11.3 Å². The quantitative estimate of drug-likeness (QED) is 0.127. The van der Waals surface area contributed by atoms with Crippen LogP contribution in [0.4, 0.5) is 0 Å². The molecule has 0 aliphatic heterocycles. The summed E-state index contributed by atoms with van der Waals surface area (Å²) in [6, 6.07) is 112. The molecule has 0 N–H and O–H groups in total. The van der Waals surface area contributed by atoms with E-state index in [1.165, 1.54) is 118 Å². The van der Waals surface area contributed by atoms with Gasteiger partial charge in [-0.05, 0) is 186 Å². The van der Waals surface area contributed by atoms with Crippen molar-refractivity contribution in [2.75, 3.05) is 0 Å². The molecule has 0 atom stereocenters. The molecule has 4 heterocycles.